The number of likely N-dealkylation sites (tertiary alicyclic amines) is 1. The molecule has 0 aromatic heterocycles. The topological polar surface area (TPSA) is 29.3 Å². The second-order valence-corrected chi connectivity index (χ2v) is 5.19. The molecule has 1 aliphatic rings. The Morgan fingerprint density at radius 3 is 2.73 bits per heavy atom. The van der Waals surface area contributed by atoms with Crippen molar-refractivity contribution in [3.8, 4) is 0 Å². The van der Waals surface area contributed by atoms with Crippen LogP contribution in [0, 0.1) is 11.8 Å². The molecule has 1 rings (SSSR count). The quantitative estimate of drug-likeness (QED) is 0.702. The first-order valence-electron chi connectivity index (χ1n) is 6.68. The summed E-state index contributed by atoms with van der Waals surface area (Å²) >= 11 is 0. The van der Waals surface area contributed by atoms with E-state index in [9.17, 15) is 0 Å². The lowest BCUT2D eigenvalue weighted by Crippen LogP contribution is -2.22. The minimum atomic E-state index is 0.860. The summed E-state index contributed by atoms with van der Waals surface area (Å²) in [5.74, 6) is 1.80. The first-order valence-corrected chi connectivity index (χ1v) is 6.68. The van der Waals surface area contributed by atoms with Crippen LogP contribution in [0.25, 0.3) is 0 Å². The minimum Gasteiger partial charge on any atom is -0.330 e. The van der Waals surface area contributed by atoms with Crippen molar-refractivity contribution in [1.82, 2.24) is 4.90 Å². The third-order valence-corrected chi connectivity index (χ3v) is 3.75. The van der Waals surface area contributed by atoms with Crippen molar-refractivity contribution in [3.05, 3.63) is 0 Å². The number of rotatable bonds is 7. The molecular formula is C13H28N2. The standard InChI is InChI=1S/C13H28N2/c1-3-13(6-8-14)5-4-9-15-10-7-12(2)11-15/h12-13H,3-11,14H2,1-2H3. The summed E-state index contributed by atoms with van der Waals surface area (Å²) < 4.78 is 0. The molecule has 0 radical (unpaired) electrons. The van der Waals surface area contributed by atoms with Crippen LogP contribution in [0.2, 0.25) is 0 Å². The van der Waals surface area contributed by atoms with Crippen LogP contribution in [0.5, 0.6) is 0 Å². The Morgan fingerprint density at radius 1 is 1.40 bits per heavy atom. The first-order chi connectivity index (χ1) is 7.26. The minimum absolute atomic E-state index is 0.860. The van der Waals surface area contributed by atoms with Crippen LogP contribution in [-0.4, -0.2) is 31.1 Å². The Balaban J connectivity index is 2.04. The highest BCUT2D eigenvalue weighted by molar-refractivity contribution is 4.72. The number of hydrogen-bond donors (Lipinski definition) is 1. The Morgan fingerprint density at radius 2 is 2.20 bits per heavy atom. The van der Waals surface area contributed by atoms with Gasteiger partial charge in [0.25, 0.3) is 0 Å². The van der Waals surface area contributed by atoms with Crippen LogP contribution in [0.1, 0.15) is 46.0 Å². The smallest absolute Gasteiger partial charge is 0.000750 e. The molecule has 0 saturated carbocycles. The molecule has 2 atom stereocenters. The zero-order valence-corrected chi connectivity index (χ0v) is 10.5. The van der Waals surface area contributed by atoms with Gasteiger partial charge in [0.05, 0.1) is 0 Å². The molecule has 0 aliphatic carbocycles. The van der Waals surface area contributed by atoms with E-state index >= 15 is 0 Å². The molecule has 1 aliphatic heterocycles. The molecule has 2 unspecified atom stereocenters. The fraction of sp³-hybridized carbons (Fsp3) is 1.00. The normalized spacial score (nSPS) is 24.6. The van der Waals surface area contributed by atoms with Crippen molar-refractivity contribution in [1.29, 1.82) is 0 Å². The summed E-state index contributed by atoms with van der Waals surface area (Å²) in [4.78, 5) is 2.62. The van der Waals surface area contributed by atoms with Gasteiger partial charge in [-0.15, -0.1) is 0 Å². The Kier molecular flexibility index (Phi) is 6.26. The van der Waals surface area contributed by atoms with Gasteiger partial charge in [-0.3, -0.25) is 0 Å². The lowest BCUT2D eigenvalue weighted by Gasteiger charge is -2.18. The molecule has 2 nitrogen and oxygen atoms in total. The molecular weight excluding hydrogens is 184 g/mol. The summed E-state index contributed by atoms with van der Waals surface area (Å²) in [5, 5.41) is 0. The maximum atomic E-state index is 5.61. The monoisotopic (exact) mass is 212 g/mol. The van der Waals surface area contributed by atoms with Gasteiger partial charge in [0.15, 0.2) is 0 Å². The Labute approximate surface area is 95.2 Å². The lowest BCUT2D eigenvalue weighted by atomic mass is 9.97. The van der Waals surface area contributed by atoms with Gasteiger partial charge in [-0.05, 0) is 57.2 Å². The van der Waals surface area contributed by atoms with Crippen LogP contribution in [-0.2, 0) is 0 Å². The highest BCUT2D eigenvalue weighted by Crippen LogP contribution is 2.18. The van der Waals surface area contributed by atoms with Crippen molar-refractivity contribution in [2.45, 2.75) is 46.0 Å². The lowest BCUT2D eigenvalue weighted by molar-refractivity contribution is 0.302. The van der Waals surface area contributed by atoms with Crippen molar-refractivity contribution in [3.63, 3.8) is 0 Å². The fourth-order valence-corrected chi connectivity index (χ4v) is 2.62. The van der Waals surface area contributed by atoms with E-state index in [1.54, 1.807) is 0 Å². The SMILES string of the molecule is CCC(CCN)CCCN1CCC(C)C1. The van der Waals surface area contributed by atoms with E-state index in [4.69, 9.17) is 5.73 Å². The highest BCUT2D eigenvalue weighted by Gasteiger charge is 2.17. The Bertz CT molecular complexity index is 155. The van der Waals surface area contributed by atoms with E-state index in [0.717, 1.165) is 18.4 Å². The second kappa shape index (κ2) is 7.24. The van der Waals surface area contributed by atoms with Gasteiger partial charge in [-0.25, -0.2) is 0 Å². The predicted octanol–water partition coefficient (Wildman–Crippen LogP) is 2.48. The molecule has 2 N–H and O–H groups in total. The van der Waals surface area contributed by atoms with E-state index < -0.39 is 0 Å². The van der Waals surface area contributed by atoms with Crippen LogP contribution in [0.3, 0.4) is 0 Å². The van der Waals surface area contributed by atoms with Crippen LogP contribution >= 0.6 is 0 Å². The van der Waals surface area contributed by atoms with E-state index in [-0.39, 0.29) is 0 Å². The molecule has 15 heavy (non-hydrogen) atoms. The summed E-state index contributed by atoms with van der Waals surface area (Å²) in [6.07, 6.45) is 6.66. The summed E-state index contributed by atoms with van der Waals surface area (Å²) in [6, 6.07) is 0. The summed E-state index contributed by atoms with van der Waals surface area (Å²) in [6.45, 7) is 9.48. The van der Waals surface area contributed by atoms with Crippen LogP contribution in [0.15, 0.2) is 0 Å². The third kappa shape index (κ3) is 4.98. The summed E-state index contributed by atoms with van der Waals surface area (Å²) in [7, 11) is 0. The van der Waals surface area contributed by atoms with E-state index in [1.807, 2.05) is 0 Å². The summed E-state index contributed by atoms with van der Waals surface area (Å²) in [5.41, 5.74) is 5.61. The second-order valence-electron chi connectivity index (χ2n) is 5.19. The average Bonchev–Trinajstić information content (AvgIpc) is 2.63. The molecule has 1 fully saturated rings. The van der Waals surface area contributed by atoms with Crippen molar-refractivity contribution < 1.29 is 0 Å². The maximum absolute atomic E-state index is 5.61. The van der Waals surface area contributed by atoms with Gasteiger partial charge in [0, 0.05) is 6.54 Å². The van der Waals surface area contributed by atoms with Gasteiger partial charge in [0.1, 0.15) is 0 Å². The molecule has 0 bridgehead atoms. The van der Waals surface area contributed by atoms with Gasteiger partial charge in [-0.2, -0.15) is 0 Å². The van der Waals surface area contributed by atoms with E-state index in [1.165, 1.54) is 51.7 Å². The Hall–Kier alpha value is -0.0800. The third-order valence-electron chi connectivity index (χ3n) is 3.75. The average molecular weight is 212 g/mol. The number of nitrogens with zero attached hydrogens (tertiary/aromatic N) is 1. The van der Waals surface area contributed by atoms with Gasteiger partial charge in [-0.1, -0.05) is 20.3 Å². The van der Waals surface area contributed by atoms with Crippen molar-refractivity contribution in [2.75, 3.05) is 26.2 Å². The maximum Gasteiger partial charge on any atom is 0.000750 e. The van der Waals surface area contributed by atoms with Gasteiger partial charge in [0.2, 0.25) is 0 Å². The first kappa shape index (κ1) is 13.0. The number of nitrogens with two attached hydrogens (primary N) is 1. The van der Waals surface area contributed by atoms with Crippen molar-refractivity contribution in [2.24, 2.45) is 17.6 Å². The number of hydrogen-bond acceptors (Lipinski definition) is 2. The molecule has 0 aromatic rings. The highest BCUT2D eigenvalue weighted by atomic mass is 15.1. The van der Waals surface area contributed by atoms with Crippen LogP contribution in [0.4, 0.5) is 0 Å². The molecule has 90 valence electrons. The molecule has 1 saturated heterocycles. The van der Waals surface area contributed by atoms with Gasteiger partial charge < -0.3 is 10.6 Å². The molecule has 1 heterocycles. The molecule has 0 amide bonds. The van der Waals surface area contributed by atoms with Crippen molar-refractivity contribution >= 4 is 0 Å². The van der Waals surface area contributed by atoms with E-state index in [2.05, 4.69) is 18.7 Å². The molecule has 0 spiro atoms. The zero-order valence-electron chi connectivity index (χ0n) is 10.5. The van der Waals surface area contributed by atoms with Gasteiger partial charge >= 0.3 is 0 Å². The van der Waals surface area contributed by atoms with Crippen LogP contribution < -0.4 is 5.73 Å². The molecule has 0 aromatic carbocycles. The zero-order chi connectivity index (χ0) is 11.1. The fourth-order valence-electron chi connectivity index (χ4n) is 2.62. The molecule has 2 heteroatoms. The largest absolute Gasteiger partial charge is 0.330 e. The predicted molar refractivity (Wildman–Crippen MR) is 66.9 cm³/mol. The van der Waals surface area contributed by atoms with E-state index in [0.29, 0.717) is 0 Å².